The molecule has 0 radical (unpaired) electrons. The Morgan fingerprint density at radius 2 is 1.90 bits per heavy atom. The lowest BCUT2D eigenvalue weighted by Crippen LogP contribution is -2.43. The molecular formula is C16H24BrNO2. The quantitative estimate of drug-likeness (QED) is 0.872. The molecule has 0 saturated heterocycles. The number of hydrogen-bond donors (Lipinski definition) is 1. The topological polar surface area (TPSA) is 38.3 Å². The second-order valence-electron chi connectivity index (χ2n) is 6.29. The Kier molecular flexibility index (Phi) is 6.06. The Balaban J connectivity index is 2.71. The van der Waals surface area contributed by atoms with Crippen molar-refractivity contribution in [3.05, 3.63) is 34.3 Å². The van der Waals surface area contributed by atoms with Gasteiger partial charge in [-0.2, -0.15) is 0 Å². The van der Waals surface area contributed by atoms with E-state index in [9.17, 15) is 4.79 Å². The van der Waals surface area contributed by atoms with Crippen LogP contribution in [0.4, 0.5) is 4.79 Å². The number of halogens is 1. The highest BCUT2D eigenvalue weighted by Crippen LogP contribution is 2.20. The molecule has 1 aromatic carbocycles. The van der Waals surface area contributed by atoms with Crippen LogP contribution >= 0.6 is 15.9 Å². The summed E-state index contributed by atoms with van der Waals surface area (Å²) in [4.78, 5) is 11.9. The first-order valence-electron chi connectivity index (χ1n) is 6.92. The van der Waals surface area contributed by atoms with Gasteiger partial charge in [-0.15, -0.1) is 0 Å². The average molecular weight is 342 g/mol. The first-order chi connectivity index (χ1) is 9.19. The summed E-state index contributed by atoms with van der Waals surface area (Å²) >= 11 is 3.54. The second-order valence-corrected chi connectivity index (χ2v) is 7.15. The van der Waals surface area contributed by atoms with E-state index in [0.717, 1.165) is 10.9 Å². The van der Waals surface area contributed by atoms with Crippen molar-refractivity contribution in [1.29, 1.82) is 0 Å². The number of hydrogen-bond acceptors (Lipinski definition) is 2. The predicted molar refractivity (Wildman–Crippen MR) is 85.8 cm³/mol. The highest BCUT2D eigenvalue weighted by Gasteiger charge is 2.22. The molecule has 20 heavy (non-hydrogen) atoms. The molecule has 0 aliphatic rings. The Labute approximate surface area is 130 Å². The minimum Gasteiger partial charge on any atom is -0.444 e. The van der Waals surface area contributed by atoms with Crippen molar-refractivity contribution >= 4 is 22.0 Å². The fourth-order valence-electron chi connectivity index (χ4n) is 1.81. The molecule has 0 heterocycles. The fraction of sp³-hybridized carbons (Fsp3) is 0.562. The first-order valence-corrected chi connectivity index (χ1v) is 7.71. The fourth-order valence-corrected chi connectivity index (χ4v) is 2.26. The molecule has 1 rings (SSSR count). The van der Waals surface area contributed by atoms with Gasteiger partial charge < -0.3 is 10.1 Å². The van der Waals surface area contributed by atoms with Crippen molar-refractivity contribution < 1.29 is 9.53 Å². The first kappa shape index (κ1) is 17.0. The third-order valence-electron chi connectivity index (χ3n) is 2.90. The number of carbonyl (C=O) groups excluding carboxylic acids is 1. The number of alkyl carbamates (subject to hydrolysis) is 1. The van der Waals surface area contributed by atoms with Gasteiger partial charge in [0.2, 0.25) is 0 Å². The van der Waals surface area contributed by atoms with E-state index in [1.165, 1.54) is 5.56 Å². The summed E-state index contributed by atoms with van der Waals surface area (Å²) in [5, 5.41) is 2.97. The molecule has 3 nitrogen and oxygen atoms in total. The molecule has 1 N–H and O–H groups in total. The van der Waals surface area contributed by atoms with E-state index < -0.39 is 5.60 Å². The van der Waals surface area contributed by atoms with Crippen LogP contribution in [0.3, 0.4) is 0 Å². The molecule has 112 valence electrons. The predicted octanol–water partition coefficient (Wildman–Crippen LogP) is 4.54. The summed E-state index contributed by atoms with van der Waals surface area (Å²) in [6.07, 6.45) is 0.418. The van der Waals surface area contributed by atoms with Gasteiger partial charge in [0.05, 0.1) is 0 Å². The van der Waals surface area contributed by atoms with E-state index in [1.54, 1.807) is 0 Å². The highest BCUT2D eigenvalue weighted by molar-refractivity contribution is 9.10. The number of ether oxygens (including phenoxy) is 1. The number of amides is 1. The lowest BCUT2D eigenvalue weighted by Gasteiger charge is -2.26. The van der Waals surface area contributed by atoms with Gasteiger partial charge >= 0.3 is 6.09 Å². The van der Waals surface area contributed by atoms with Crippen molar-refractivity contribution in [3.8, 4) is 0 Å². The molecule has 0 aromatic heterocycles. The van der Waals surface area contributed by atoms with Crippen LogP contribution in [0.15, 0.2) is 28.7 Å². The summed E-state index contributed by atoms with van der Waals surface area (Å²) in [6.45, 7) is 9.79. The van der Waals surface area contributed by atoms with Gasteiger partial charge in [0, 0.05) is 10.5 Å². The summed E-state index contributed by atoms with van der Waals surface area (Å²) in [6, 6.07) is 8.12. The third kappa shape index (κ3) is 5.95. The van der Waals surface area contributed by atoms with Crippen LogP contribution in [0, 0.1) is 5.92 Å². The van der Waals surface area contributed by atoms with Gasteiger partial charge in [0.15, 0.2) is 0 Å². The van der Waals surface area contributed by atoms with Crippen molar-refractivity contribution in [3.63, 3.8) is 0 Å². The zero-order valence-corrected chi connectivity index (χ0v) is 14.5. The smallest absolute Gasteiger partial charge is 0.407 e. The summed E-state index contributed by atoms with van der Waals surface area (Å²) in [5.41, 5.74) is 0.709. The third-order valence-corrected chi connectivity index (χ3v) is 3.68. The molecule has 1 atom stereocenters. The summed E-state index contributed by atoms with van der Waals surface area (Å²) in [7, 11) is 0. The Morgan fingerprint density at radius 3 is 2.40 bits per heavy atom. The Hall–Kier alpha value is -1.03. The molecule has 4 heteroatoms. The van der Waals surface area contributed by atoms with E-state index in [4.69, 9.17) is 4.74 Å². The van der Waals surface area contributed by atoms with Crippen molar-refractivity contribution in [2.24, 2.45) is 5.92 Å². The van der Waals surface area contributed by atoms with Gasteiger partial charge in [-0.3, -0.25) is 0 Å². The molecule has 0 aliphatic carbocycles. The molecule has 0 bridgehead atoms. The van der Waals surface area contributed by atoms with E-state index in [-0.39, 0.29) is 12.1 Å². The summed E-state index contributed by atoms with van der Waals surface area (Å²) in [5.74, 6) is 0.328. The van der Waals surface area contributed by atoms with Crippen molar-refractivity contribution in [1.82, 2.24) is 5.32 Å². The zero-order valence-electron chi connectivity index (χ0n) is 12.9. The summed E-state index contributed by atoms with van der Waals surface area (Å²) < 4.78 is 6.39. The number of rotatable bonds is 4. The maximum Gasteiger partial charge on any atom is 0.407 e. The van der Waals surface area contributed by atoms with E-state index >= 15 is 0 Å². The van der Waals surface area contributed by atoms with E-state index in [2.05, 4.69) is 41.2 Å². The molecular weight excluding hydrogens is 318 g/mol. The van der Waals surface area contributed by atoms with Crippen LogP contribution < -0.4 is 5.32 Å². The van der Waals surface area contributed by atoms with Gasteiger partial charge in [0.25, 0.3) is 0 Å². The van der Waals surface area contributed by atoms with Gasteiger partial charge in [0.1, 0.15) is 5.60 Å². The van der Waals surface area contributed by atoms with Gasteiger partial charge in [-0.05, 0) is 44.7 Å². The largest absolute Gasteiger partial charge is 0.444 e. The molecule has 0 saturated carbocycles. The minimum atomic E-state index is -0.473. The molecule has 0 aliphatic heterocycles. The Morgan fingerprint density at radius 1 is 1.30 bits per heavy atom. The molecule has 0 unspecified atom stereocenters. The van der Waals surface area contributed by atoms with Crippen molar-refractivity contribution in [2.45, 2.75) is 52.7 Å². The maximum absolute atomic E-state index is 11.9. The van der Waals surface area contributed by atoms with E-state index in [0.29, 0.717) is 5.92 Å². The maximum atomic E-state index is 11.9. The lowest BCUT2D eigenvalue weighted by atomic mass is 9.96. The lowest BCUT2D eigenvalue weighted by molar-refractivity contribution is 0.0490. The van der Waals surface area contributed by atoms with Crippen LogP contribution in [0.1, 0.15) is 40.2 Å². The van der Waals surface area contributed by atoms with Gasteiger partial charge in [-0.1, -0.05) is 48.0 Å². The van der Waals surface area contributed by atoms with Crippen LogP contribution in [0.25, 0.3) is 0 Å². The van der Waals surface area contributed by atoms with Crippen LogP contribution in [-0.2, 0) is 11.2 Å². The minimum absolute atomic E-state index is 0.0450. The SMILES string of the molecule is CC(C)[C@@H](Cc1ccccc1Br)NC(=O)OC(C)(C)C. The monoisotopic (exact) mass is 341 g/mol. The zero-order chi connectivity index (χ0) is 15.3. The molecule has 0 spiro atoms. The van der Waals surface area contributed by atoms with E-state index in [1.807, 2.05) is 39.0 Å². The number of nitrogens with one attached hydrogen (secondary N) is 1. The van der Waals surface area contributed by atoms with Crippen LogP contribution in [0.5, 0.6) is 0 Å². The van der Waals surface area contributed by atoms with Crippen LogP contribution in [0.2, 0.25) is 0 Å². The van der Waals surface area contributed by atoms with Crippen molar-refractivity contribution in [2.75, 3.05) is 0 Å². The normalized spacial score (nSPS) is 13.2. The highest BCUT2D eigenvalue weighted by atomic mass is 79.9. The number of carbonyl (C=O) groups is 1. The standard InChI is InChI=1S/C16H24BrNO2/c1-11(2)14(18-15(19)20-16(3,4)5)10-12-8-6-7-9-13(12)17/h6-9,11,14H,10H2,1-5H3,(H,18,19)/t14-/m1/s1. The molecule has 1 aromatic rings. The second kappa shape index (κ2) is 7.11. The average Bonchev–Trinajstić information content (AvgIpc) is 2.28. The van der Waals surface area contributed by atoms with Crippen LogP contribution in [-0.4, -0.2) is 17.7 Å². The van der Waals surface area contributed by atoms with Gasteiger partial charge in [-0.25, -0.2) is 4.79 Å². The molecule has 0 fully saturated rings. The molecule has 1 amide bonds. The Bertz CT molecular complexity index is 452. The number of benzene rings is 1.